The monoisotopic (exact) mass is 306 g/mol. The lowest BCUT2D eigenvalue weighted by Crippen LogP contribution is -2.44. The molecule has 1 aliphatic carbocycles. The van der Waals surface area contributed by atoms with Crippen molar-refractivity contribution in [3.05, 3.63) is 30.2 Å². The maximum Gasteiger partial charge on any atom is 0.331 e. The summed E-state index contributed by atoms with van der Waals surface area (Å²) in [4.78, 5) is 34.4. The predicted octanol–water partition coefficient (Wildman–Crippen LogP) is 1.60. The summed E-state index contributed by atoms with van der Waals surface area (Å²) in [6, 6.07) is 2.91. The number of esters is 1. The first-order chi connectivity index (χ1) is 10.6. The molecule has 1 aliphatic rings. The molecular formula is C15H18N2O5. The van der Waals surface area contributed by atoms with Crippen LogP contribution >= 0.6 is 0 Å². The van der Waals surface area contributed by atoms with Crippen LogP contribution < -0.4 is 10.6 Å². The highest BCUT2D eigenvalue weighted by atomic mass is 16.5. The zero-order chi connectivity index (χ0) is 15.8. The summed E-state index contributed by atoms with van der Waals surface area (Å²) in [5.74, 6) is -0.865. The number of carbonyl (C=O) groups excluding carboxylic acids is 3. The van der Waals surface area contributed by atoms with Crippen molar-refractivity contribution in [2.75, 3.05) is 6.61 Å². The highest BCUT2D eigenvalue weighted by molar-refractivity contribution is 5.96. The highest BCUT2D eigenvalue weighted by Gasteiger charge is 2.18. The van der Waals surface area contributed by atoms with E-state index in [1.54, 1.807) is 12.1 Å². The fourth-order valence-electron chi connectivity index (χ4n) is 2.18. The van der Waals surface area contributed by atoms with Crippen LogP contribution in [0.15, 0.2) is 28.9 Å². The number of imide groups is 1. The Morgan fingerprint density at radius 2 is 2.09 bits per heavy atom. The molecule has 7 heteroatoms. The van der Waals surface area contributed by atoms with Gasteiger partial charge in [-0.1, -0.05) is 12.8 Å². The Morgan fingerprint density at radius 3 is 2.77 bits per heavy atom. The molecule has 0 spiro atoms. The van der Waals surface area contributed by atoms with E-state index in [-0.39, 0.29) is 6.04 Å². The van der Waals surface area contributed by atoms with E-state index in [0.29, 0.717) is 5.76 Å². The molecule has 2 rings (SSSR count). The molecule has 0 bridgehead atoms. The van der Waals surface area contributed by atoms with Crippen LogP contribution in [0, 0.1) is 0 Å². The van der Waals surface area contributed by atoms with Gasteiger partial charge in [-0.25, -0.2) is 9.59 Å². The molecule has 2 N–H and O–H groups in total. The van der Waals surface area contributed by atoms with Gasteiger partial charge in [0.05, 0.1) is 6.26 Å². The first kappa shape index (κ1) is 15.8. The Labute approximate surface area is 127 Å². The van der Waals surface area contributed by atoms with Gasteiger partial charge < -0.3 is 14.5 Å². The van der Waals surface area contributed by atoms with E-state index in [0.717, 1.165) is 31.8 Å². The number of hydrogen-bond donors (Lipinski definition) is 2. The van der Waals surface area contributed by atoms with Crippen LogP contribution in [-0.2, 0) is 14.3 Å². The molecule has 7 nitrogen and oxygen atoms in total. The number of furan rings is 1. The maximum atomic E-state index is 11.5. The second kappa shape index (κ2) is 8.02. The summed E-state index contributed by atoms with van der Waals surface area (Å²) < 4.78 is 9.71. The topological polar surface area (TPSA) is 97.6 Å². The van der Waals surface area contributed by atoms with Gasteiger partial charge in [0.2, 0.25) is 0 Å². The number of urea groups is 1. The minimum atomic E-state index is -0.692. The number of rotatable bonds is 5. The molecule has 0 radical (unpaired) electrons. The standard InChI is InChI=1S/C15H18N2O5/c18-13(17-15(20)16-11-4-1-2-5-11)10-22-14(19)8-7-12-6-3-9-21-12/h3,6-9,11H,1-2,4-5,10H2,(H2,16,17,18,20). The van der Waals surface area contributed by atoms with Gasteiger partial charge in [0, 0.05) is 12.1 Å². The Bertz CT molecular complexity index is 544. The average molecular weight is 306 g/mol. The summed E-state index contributed by atoms with van der Waals surface area (Å²) in [5, 5.41) is 4.83. The van der Waals surface area contributed by atoms with E-state index < -0.39 is 24.5 Å². The Balaban J connectivity index is 1.64. The molecule has 1 aromatic rings. The quantitative estimate of drug-likeness (QED) is 0.636. The Kier molecular flexibility index (Phi) is 5.76. The van der Waals surface area contributed by atoms with E-state index >= 15 is 0 Å². The van der Waals surface area contributed by atoms with Crippen LogP contribution in [-0.4, -0.2) is 30.6 Å². The lowest BCUT2D eigenvalue weighted by atomic mass is 10.2. The second-order valence-corrected chi connectivity index (χ2v) is 4.96. The van der Waals surface area contributed by atoms with Gasteiger partial charge in [0.1, 0.15) is 5.76 Å². The third-order valence-corrected chi connectivity index (χ3v) is 3.22. The SMILES string of the molecule is O=C(COC(=O)C=Cc1ccco1)NC(=O)NC1CCCC1. The van der Waals surface area contributed by atoms with Crippen molar-refractivity contribution in [3.8, 4) is 0 Å². The van der Waals surface area contributed by atoms with Gasteiger partial charge in [-0.2, -0.15) is 0 Å². The molecule has 1 saturated carbocycles. The Hall–Kier alpha value is -2.57. The molecular weight excluding hydrogens is 288 g/mol. The largest absolute Gasteiger partial charge is 0.465 e. The van der Waals surface area contributed by atoms with Crippen LogP contribution in [0.25, 0.3) is 6.08 Å². The van der Waals surface area contributed by atoms with Gasteiger partial charge in [-0.05, 0) is 31.1 Å². The fraction of sp³-hybridized carbons (Fsp3) is 0.400. The van der Waals surface area contributed by atoms with E-state index in [9.17, 15) is 14.4 Å². The first-order valence-corrected chi connectivity index (χ1v) is 7.12. The molecule has 0 aromatic carbocycles. The third kappa shape index (κ3) is 5.43. The number of ether oxygens (including phenoxy) is 1. The lowest BCUT2D eigenvalue weighted by Gasteiger charge is -2.12. The molecule has 1 fully saturated rings. The fourth-order valence-corrected chi connectivity index (χ4v) is 2.18. The van der Waals surface area contributed by atoms with E-state index in [1.807, 2.05) is 0 Å². The van der Waals surface area contributed by atoms with Crippen molar-refractivity contribution in [1.29, 1.82) is 0 Å². The van der Waals surface area contributed by atoms with Gasteiger partial charge in [-0.15, -0.1) is 0 Å². The minimum Gasteiger partial charge on any atom is -0.465 e. The molecule has 0 atom stereocenters. The second-order valence-electron chi connectivity index (χ2n) is 4.96. The van der Waals surface area contributed by atoms with Crippen LogP contribution in [0.2, 0.25) is 0 Å². The lowest BCUT2D eigenvalue weighted by molar-refractivity contribution is -0.143. The first-order valence-electron chi connectivity index (χ1n) is 7.12. The van der Waals surface area contributed by atoms with Crippen LogP contribution in [0.1, 0.15) is 31.4 Å². The summed E-state index contributed by atoms with van der Waals surface area (Å²) >= 11 is 0. The Morgan fingerprint density at radius 1 is 1.32 bits per heavy atom. The van der Waals surface area contributed by atoms with Crippen molar-refractivity contribution in [1.82, 2.24) is 10.6 Å². The van der Waals surface area contributed by atoms with Gasteiger partial charge in [0.25, 0.3) is 5.91 Å². The number of amides is 3. The smallest absolute Gasteiger partial charge is 0.331 e. The molecule has 1 heterocycles. The molecule has 0 aliphatic heterocycles. The summed E-state index contributed by atoms with van der Waals surface area (Å²) in [5.41, 5.74) is 0. The van der Waals surface area contributed by atoms with Gasteiger partial charge in [0.15, 0.2) is 6.61 Å². The van der Waals surface area contributed by atoms with Crippen molar-refractivity contribution in [3.63, 3.8) is 0 Å². The van der Waals surface area contributed by atoms with Gasteiger partial charge in [-0.3, -0.25) is 10.1 Å². The molecule has 3 amide bonds. The highest BCUT2D eigenvalue weighted by Crippen LogP contribution is 2.17. The van der Waals surface area contributed by atoms with Crippen molar-refractivity contribution < 1.29 is 23.5 Å². The number of carbonyl (C=O) groups is 3. The number of hydrogen-bond acceptors (Lipinski definition) is 5. The van der Waals surface area contributed by atoms with Crippen molar-refractivity contribution >= 4 is 24.0 Å². The normalized spacial score (nSPS) is 14.9. The molecule has 118 valence electrons. The van der Waals surface area contributed by atoms with E-state index in [4.69, 9.17) is 9.15 Å². The van der Waals surface area contributed by atoms with Crippen molar-refractivity contribution in [2.24, 2.45) is 0 Å². The van der Waals surface area contributed by atoms with Crippen LogP contribution in [0.5, 0.6) is 0 Å². The summed E-state index contributed by atoms with van der Waals surface area (Å²) in [6.45, 7) is -0.514. The summed E-state index contributed by atoms with van der Waals surface area (Å²) in [6.07, 6.45) is 8.05. The number of nitrogens with one attached hydrogen (secondary N) is 2. The molecule has 0 saturated heterocycles. The van der Waals surface area contributed by atoms with Crippen LogP contribution in [0.4, 0.5) is 4.79 Å². The third-order valence-electron chi connectivity index (χ3n) is 3.22. The zero-order valence-electron chi connectivity index (χ0n) is 12.0. The van der Waals surface area contributed by atoms with Crippen LogP contribution in [0.3, 0.4) is 0 Å². The predicted molar refractivity (Wildman–Crippen MR) is 77.6 cm³/mol. The van der Waals surface area contributed by atoms with Gasteiger partial charge >= 0.3 is 12.0 Å². The molecule has 1 aromatic heterocycles. The molecule has 0 unspecified atom stereocenters. The zero-order valence-corrected chi connectivity index (χ0v) is 12.0. The minimum absolute atomic E-state index is 0.117. The molecule has 22 heavy (non-hydrogen) atoms. The summed E-state index contributed by atoms with van der Waals surface area (Å²) in [7, 11) is 0. The maximum absolute atomic E-state index is 11.5. The van der Waals surface area contributed by atoms with Crippen molar-refractivity contribution in [2.45, 2.75) is 31.7 Å². The average Bonchev–Trinajstić information content (AvgIpc) is 3.15. The van der Waals surface area contributed by atoms with E-state index in [2.05, 4.69) is 10.6 Å². The van der Waals surface area contributed by atoms with E-state index in [1.165, 1.54) is 12.3 Å².